The van der Waals surface area contributed by atoms with Crippen LogP contribution >= 0.6 is 15.9 Å². The molecular formula is C11H14BrNO. The third-order valence-electron chi connectivity index (χ3n) is 2.72. The Labute approximate surface area is 92.6 Å². The van der Waals surface area contributed by atoms with Crippen molar-refractivity contribution >= 4 is 15.9 Å². The third-order valence-corrected chi connectivity index (χ3v) is 3.45. The Bertz CT molecular complexity index is 347. The molecule has 1 aromatic carbocycles. The summed E-state index contributed by atoms with van der Waals surface area (Å²) in [6, 6.07) is 6.29. The van der Waals surface area contributed by atoms with Crippen LogP contribution in [0.1, 0.15) is 24.0 Å². The van der Waals surface area contributed by atoms with Crippen molar-refractivity contribution in [1.82, 2.24) is 0 Å². The van der Waals surface area contributed by atoms with Gasteiger partial charge in [0.1, 0.15) is 0 Å². The van der Waals surface area contributed by atoms with E-state index in [4.69, 9.17) is 10.5 Å². The summed E-state index contributed by atoms with van der Waals surface area (Å²) in [7, 11) is 1.70. The van der Waals surface area contributed by atoms with E-state index >= 15 is 0 Å². The first-order valence-electron chi connectivity index (χ1n) is 4.72. The van der Waals surface area contributed by atoms with Crippen molar-refractivity contribution < 1.29 is 4.74 Å². The topological polar surface area (TPSA) is 35.2 Å². The fourth-order valence-electron chi connectivity index (χ4n) is 1.55. The molecule has 3 heteroatoms. The lowest BCUT2D eigenvalue weighted by Gasteiger charge is -2.11. The summed E-state index contributed by atoms with van der Waals surface area (Å²) in [5, 5.41) is 0. The van der Waals surface area contributed by atoms with Crippen molar-refractivity contribution in [1.29, 1.82) is 0 Å². The van der Waals surface area contributed by atoms with Gasteiger partial charge in [0.15, 0.2) is 0 Å². The van der Waals surface area contributed by atoms with Crippen LogP contribution in [0, 0.1) is 0 Å². The molecule has 0 aromatic heterocycles. The van der Waals surface area contributed by atoms with Gasteiger partial charge in [-0.25, -0.2) is 0 Å². The summed E-state index contributed by atoms with van der Waals surface area (Å²) in [5.74, 6) is 0. The van der Waals surface area contributed by atoms with Gasteiger partial charge >= 0.3 is 0 Å². The summed E-state index contributed by atoms with van der Waals surface area (Å²) in [4.78, 5) is 0. The average molecular weight is 256 g/mol. The first-order valence-corrected chi connectivity index (χ1v) is 5.52. The van der Waals surface area contributed by atoms with E-state index in [0.29, 0.717) is 6.61 Å². The maximum atomic E-state index is 6.11. The molecule has 0 radical (unpaired) electrons. The number of methoxy groups -OCH3 is 1. The predicted molar refractivity (Wildman–Crippen MR) is 60.0 cm³/mol. The number of nitrogens with two attached hydrogens (primary N) is 1. The molecule has 1 fully saturated rings. The van der Waals surface area contributed by atoms with Gasteiger partial charge < -0.3 is 10.5 Å². The van der Waals surface area contributed by atoms with Crippen LogP contribution in [0.3, 0.4) is 0 Å². The van der Waals surface area contributed by atoms with Gasteiger partial charge in [-0.05, 0) is 30.0 Å². The Morgan fingerprint density at radius 2 is 2.21 bits per heavy atom. The number of benzene rings is 1. The van der Waals surface area contributed by atoms with Crippen molar-refractivity contribution in [2.24, 2.45) is 5.73 Å². The normalized spacial score (nSPS) is 18.2. The molecule has 0 atom stereocenters. The van der Waals surface area contributed by atoms with Gasteiger partial charge in [-0.3, -0.25) is 0 Å². The molecule has 0 spiro atoms. The van der Waals surface area contributed by atoms with Crippen molar-refractivity contribution in [3.63, 3.8) is 0 Å². The van der Waals surface area contributed by atoms with Crippen LogP contribution in [-0.4, -0.2) is 7.11 Å². The molecule has 76 valence electrons. The Kier molecular flexibility index (Phi) is 2.64. The Balaban J connectivity index is 2.26. The zero-order valence-electron chi connectivity index (χ0n) is 8.22. The molecule has 2 nitrogen and oxygen atoms in total. The lowest BCUT2D eigenvalue weighted by molar-refractivity contribution is 0.184. The molecule has 2 rings (SSSR count). The number of rotatable bonds is 3. The first kappa shape index (κ1) is 10.1. The zero-order valence-corrected chi connectivity index (χ0v) is 9.80. The fraction of sp³-hybridized carbons (Fsp3) is 0.455. The highest BCUT2D eigenvalue weighted by Crippen LogP contribution is 2.43. The average Bonchev–Trinajstić information content (AvgIpc) is 2.89. The number of hydrogen-bond donors (Lipinski definition) is 1. The molecule has 1 aliphatic carbocycles. The van der Waals surface area contributed by atoms with E-state index in [1.165, 1.54) is 11.1 Å². The van der Waals surface area contributed by atoms with Crippen LogP contribution in [0.5, 0.6) is 0 Å². The van der Waals surface area contributed by atoms with E-state index in [9.17, 15) is 0 Å². The SMILES string of the molecule is COCc1ccc(C2(N)CC2)cc1Br. The van der Waals surface area contributed by atoms with Gasteiger partial charge in [-0.15, -0.1) is 0 Å². The smallest absolute Gasteiger partial charge is 0.0724 e. The predicted octanol–water partition coefficient (Wildman–Crippen LogP) is 2.54. The summed E-state index contributed by atoms with van der Waals surface area (Å²) < 4.78 is 6.18. The van der Waals surface area contributed by atoms with Crippen LogP contribution in [0.15, 0.2) is 22.7 Å². The van der Waals surface area contributed by atoms with Crippen molar-refractivity contribution in [3.8, 4) is 0 Å². The van der Waals surface area contributed by atoms with Crippen LogP contribution in [0.2, 0.25) is 0 Å². The zero-order chi connectivity index (χ0) is 10.2. The summed E-state index contributed by atoms with van der Waals surface area (Å²) in [5.41, 5.74) is 8.45. The largest absolute Gasteiger partial charge is 0.380 e. The summed E-state index contributed by atoms with van der Waals surface area (Å²) >= 11 is 3.53. The Hall–Kier alpha value is -0.380. The summed E-state index contributed by atoms with van der Waals surface area (Å²) in [6.07, 6.45) is 2.20. The van der Waals surface area contributed by atoms with E-state index in [1.54, 1.807) is 7.11 Å². The molecule has 0 heterocycles. The number of hydrogen-bond acceptors (Lipinski definition) is 2. The second-order valence-corrected chi connectivity index (χ2v) is 4.75. The minimum atomic E-state index is -0.0475. The van der Waals surface area contributed by atoms with Crippen LogP contribution < -0.4 is 5.73 Å². The lowest BCUT2D eigenvalue weighted by atomic mass is 10.0. The number of halogens is 1. The molecule has 0 amide bonds. The third kappa shape index (κ3) is 1.85. The monoisotopic (exact) mass is 255 g/mol. The van der Waals surface area contributed by atoms with E-state index in [0.717, 1.165) is 17.3 Å². The Morgan fingerprint density at radius 1 is 1.50 bits per heavy atom. The van der Waals surface area contributed by atoms with Gasteiger partial charge in [-0.1, -0.05) is 28.1 Å². The van der Waals surface area contributed by atoms with Gasteiger partial charge in [0.05, 0.1) is 6.61 Å². The minimum absolute atomic E-state index is 0.0475. The van der Waals surface area contributed by atoms with Crippen LogP contribution in [0.4, 0.5) is 0 Å². The van der Waals surface area contributed by atoms with Crippen molar-refractivity contribution in [2.45, 2.75) is 25.0 Å². The molecule has 1 aliphatic rings. The van der Waals surface area contributed by atoms with Gasteiger partial charge in [-0.2, -0.15) is 0 Å². The standard InChI is InChI=1S/C11H14BrNO/c1-14-7-8-2-3-9(6-10(8)12)11(13)4-5-11/h2-3,6H,4-5,7,13H2,1H3. The highest BCUT2D eigenvalue weighted by atomic mass is 79.9. The Morgan fingerprint density at radius 3 is 2.71 bits per heavy atom. The molecule has 0 aliphatic heterocycles. The molecule has 1 aromatic rings. The second kappa shape index (κ2) is 3.65. The van der Waals surface area contributed by atoms with E-state index in [2.05, 4.69) is 34.1 Å². The van der Waals surface area contributed by atoms with E-state index < -0.39 is 0 Å². The summed E-state index contributed by atoms with van der Waals surface area (Å²) in [6.45, 7) is 0.637. The molecule has 0 unspecified atom stereocenters. The first-order chi connectivity index (χ1) is 6.65. The number of ether oxygens (including phenoxy) is 1. The molecule has 0 bridgehead atoms. The van der Waals surface area contributed by atoms with E-state index in [-0.39, 0.29) is 5.54 Å². The van der Waals surface area contributed by atoms with Crippen molar-refractivity contribution in [2.75, 3.05) is 7.11 Å². The molecule has 0 saturated heterocycles. The van der Waals surface area contributed by atoms with Crippen LogP contribution in [-0.2, 0) is 16.9 Å². The van der Waals surface area contributed by atoms with Gasteiger partial charge in [0, 0.05) is 17.1 Å². The molecule has 2 N–H and O–H groups in total. The van der Waals surface area contributed by atoms with E-state index in [1.807, 2.05) is 0 Å². The van der Waals surface area contributed by atoms with Crippen molar-refractivity contribution in [3.05, 3.63) is 33.8 Å². The molecule has 1 saturated carbocycles. The fourth-order valence-corrected chi connectivity index (χ4v) is 2.05. The molecular weight excluding hydrogens is 242 g/mol. The quantitative estimate of drug-likeness (QED) is 0.901. The maximum Gasteiger partial charge on any atom is 0.0724 e. The highest BCUT2D eigenvalue weighted by Gasteiger charge is 2.39. The van der Waals surface area contributed by atoms with Gasteiger partial charge in [0.2, 0.25) is 0 Å². The van der Waals surface area contributed by atoms with Crippen LogP contribution in [0.25, 0.3) is 0 Å². The maximum absolute atomic E-state index is 6.11. The lowest BCUT2D eigenvalue weighted by Crippen LogP contribution is -2.18. The highest BCUT2D eigenvalue weighted by molar-refractivity contribution is 9.10. The van der Waals surface area contributed by atoms with Gasteiger partial charge in [0.25, 0.3) is 0 Å². The second-order valence-electron chi connectivity index (χ2n) is 3.90. The molecule has 14 heavy (non-hydrogen) atoms. The minimum Gasteiger partial charge on any atom is -0.380 e.